The van der Waals surface area contributed by atoms with Gasteiger partial charge in [0.1, 0.15) is 0 Å². The Balaban J connectivity index is 2.01. The molecule has 1 aromatic heterocycles. The summed E-state index contributed by atoms with van der Waals surface area (Å²) < 4.78 is 5.21. The summed E-state index contributed by atoms with van der Waals surface area (Å²) in [6, 6.07) is 9.83. The van der Waals surface area contributed by atoms with E-state index in [1.807, 2.05) is 30.3 Å². The lowest BCUT2D eigenvalue weighted by Crippen LogP contribution is -2.08. The molecule has 1 aliphatic carbocycles. The molecule has 0 spiro atoms. The van der Waals surface area contributed by atoms with Crippen LogP contribution in [0.15, 0.2) is 34.7 Å². The number of carbonyl (C=O) groups is 1. The van der Waals surface area contributed by atoms with Crippen LogP contribution in [0.5, 0.6) is 0 Å². The first kappa shape index (κ1) is 10.0. The van der Waals surface area contributed by atoms with Gasteiger partial charge in [0.15, 0.2) is 0 Å². The highest BCUT2D eigenvalue weighted by molar-refractivity contribution is 5.81. The lowest BCUT2D eigenvalue weighted by molar-refractivity contribution is 0.0651. The summed E-state index contributed by atoms with van der Waals surface area (Å²) >= 11 is 0. The van der Waals surface area contributed by atoms with E-state index in [1.165, 1.54) is 0 Å². The molecule has 1 N–H and O–H groups in total. The standard InChI is InChI=1S/C12H10N2O3/c15-10(16)9-13-14-11(17-9)12(6-7-12)8-4-2-1-3-5-8/h1-5H,6-7H2,(H,15,16). The van der Waals surface area contributed by atoms with Crippen molar-refractivity contribution in [3.63, 3.8) is 0 Å². The van der Waals surface area contributed by atoms with Gasteiger partial charge in [0.05, 0.1) is 5.41 Å². The number of benzene rings is 1. The second-order valence-corrected chi connectivity index (χ2v) is 4.17. The topological polar surface area (TPSA) is 76.2 Å². The third kappa shape index (κ3) is 1.51. The maximum absolute atomic E-state index is 10.7. The molecule has 0 radical (unpaired) electrons. The van der Waals surface area contributed by atoms with Gasteiger partial charge >= 0.3 is 11.9 Å². The van der Waals surface area contributed by atoms with Crippen molar-refractivity contribution in [1.29, 1.82) is 0 Å². The largest absolute Gasteiger partial charge is 0.474 e. The summed E-state index contributed by atoms with van der Waals surface area (Å²) in [5.74, 6) is -1.13. The van der Waals surface area contributed by atoms with Gasteiger partial charge in [-0.3, -0.25) is 0 Å². The Morgan fingerprint density at radius 1 is 1.24 bits per heavy atom. The summed E-state index contributed by atoms with van der Waals surface area (Å²) in [4.78, 5) is 10.7. The molecule has 0 bridgehead atoms. The minimum Gasteiger partial charge on any atom is -0.474 e. The van der Waals surface area contributed by atoms with Crippen molar-refractivity contribution in [2.24, 2.45) is 0 Å². The van der Waals surface area contributed by atoms with Gasteiger partial charge < -0.3 is 9.52 Å². The quantitative estimate of drug-likeness (QED) is 0.870. The molecule has 0 unspecified atom stereocenters. The van der Waals surface area contributed by atoms with E-state index in [0.717, 1.165) is 18.4 Å². The van der Waals surface area contributed by atoms with Gasteiger partial charge in [-0.05, 0) is 18.4 Å². The van der Waals surface area contributed by atoms with Gasteiger partial charge in [0.25, 0.3) is 0 Å². The van der Waals surface area contributed by atoms with E-state index < -0.39 is 5.97 Å². The van der Waals surface area contributed by atoms with Crippen LogP contribution in [0.1, 0.15) is 35.0 Å². The van der Waals surface area contributed by atoms with Gasteiger partial charge in [-0.15, -0.1) is 10.2 Å². The van der Waals surface area contributed by atoms with Gasteiger partial charge in [0.2, 0.25) is 5.89 Å². The van der Waals surface area contributed by atoms with E-state index in [4.69, 9.17) is 9.52 Å². The first-order valence-corrected chi connectivity index (χ1v) is 5.35. The van der Waals surface area contributed by atoms with Gasteiger partial charge in [-0.25, -0.2) is 4.79 Å². The van der Waals surface area contributed by atoms with E-state index in [2.05, 4.69) is 10.2 Å². The predicted molar refractivity (Wildman–Crippen MR) is 57.7 cm³/mol. The highest BCUT2D eigenvalue weighted by Gasteiger charge is 2.50. The first-order valence-electron chi connectivity index (χ1n) is 5.35. The predicted octanol–water partition coefficient (Wildman–Crippen LogP) is 1.85. The number of hydrogen-bond donors (Lipinski definition) is 1. The van der Waals surface area contributed by atoms with Crippen molar-refractivity contribution in [1.82, 2.24) is 10.2 Å². The van der Waals surface area contributed by atoms with Crippen LogP contribution in [0.25, 0.3) is 0 Å². The highest BCUT2D eigenvalue weighted by Crippen LogP contribution is 2.52. The van der Waals surface area contributed by atoms with Gasteiger partial charge in [-0.1, -0.05) is 30.3 Å². The Bertz CT molecular complexity index is 558. The fourth-order valence-electron chi connectivity index (χ4n) is 2.01. The Morgan fingerprint density at radius 3 is 2.47 bits per heavy atom. The third-order valence-electron chi connectivity index (χ3n) is 3.09. The maximum Gasteiger partial charge on any atom is 0.393 e. The van der Waals surface area contributed by atoms with E-state index in [9.17, 15) is 4.79 Å². The number of hydrogen-bond acceptors (Lipinski definition) is 4. The lowest BCUT2D eigenvalue weighted by Gasteiger charge is -2.09. The van der Waals surface area contributed by atoms with Gasteiger partial charge in [-0.2, -0.15) is 0 Å². The van der Waals surface area contributed by atoms with Crippen LogP contribution in [-0.2, 0) is 5.41 Å². The van der Waals surface area contributed by atoms with Crippen LogP contribution < -0.4 is 0 Å². The number of nitrogens with zero attached hydrogens (tertiary/aromatic N) is 2. The van der Waals surface area contributed by atoms with Crippen molar-refractivity contribution in [2.75, 3.05) is 0 Å². The molecule has 17 heavy (non-hydrogen) atoms. The molecule has 5 heteroatoms. The SMILES string of the molecule is O=C(O)c1nnc(C2(c3ccccc3)CC2)o1. The van der Waals surface area contributed by atoms with Crippen molar-refractivity contribution < 1.29 is 14.3 Å². The van der Waals surface area contributed by atoms with Crippen molar-refractivity contribution in [2.45, 2.75) is 18.3 Å². The Hall–Kier alpha value is -2.17. The molecule has 1 fully saturated rings. The first-order chi connectivity index (χ1) is 8.22. The lowest BCUT2D eigenvalue weighted by atomic mass is 9.96. The zero-order valence-corrected chi connectivity index (χ0v) is 8.96. The molecular formula is C12H10N2O3. The maximum atomic E-state index is 10.7. The Morgan fingerprint density at radius 2 is 1.94 bits per heavy atom. The molecule has 0 atom stereocenters. The molecule has 0 saturated heterocycles. The summed E-state index contributed by atoms with van der Waals surface area (Å²) in [5.41, 5.74) is 0.836. The van der Waals surface area contributed by atoms with Crippen molar-refractivity contribution in [3.05, 3.63) is 47.7 Å². The van der Waals surface area contributed by atoms with Crippen LogP contribution >= 0.6 is 0 Å². The van der Waals surface area contributed by atoms with E-state index in [-0.39, 0.29) is 11.3 Å². The van der Waals surface area contributed by atoms with Crippen LogP contribution in [0.2, 0.25) is 0 Å². The van der Waals surface area contributed by atoms with E-state index >= 15 is 0 Å². The second kappa shape index (κ2) is 3.41. The fourth-order valence-corrected chi connectivity index (χ4v) is 2.01. The normalized spacial score (nSPS) is 16.7. The summed E-state index contributed by atoms with van der Waals surface area (Å²) in [6.45, 7) is 0. The molecule has 86 valence electrons. The second-order valence-electron chi connectivity index (χ2n) is 4.17. The highest BCUT2D eigenvalue weighted by atomic mass is 16.4. The molecule has 3 rings (SSSR count). The van der Waals surface area contributed by atoms with Gasteiger partial charge in [0, 0.05) is 0 Å². The van der Waals surface area contributed by atoms with Crippen molar-refractivity contribution >= 4 is 5.97 Å². The molecule has 0 aliphatic heterocycles. The number of aromatic nitrogens is 2. The molecule has 0 amide bonds. The zero-order valence-electron chi connectivity index (χ0n) is 8.96. The molecule has 1 heterocycles. The fraction of sp³-hybridized carbons (Fsp3) is 0.250. The molecule has 2 aromatic rings. The monoisotopic (exact) mass is 230 g/mol. The van der Waals surface area contributed by atoms with Crippen LogP contribution in [0, 0.1) is 0 Å². The summed E-state index contributed by atoms with van der Waals surface area (Å²) in [6.07, 6.45) is 1.83. The van der Waals surface area contributed by atoms with E-state index in [1.54, 1.807) is 0 Å². The Labute approximate surface area is 97.1 Å². The van der Waals surface area contributed by atoms with Crippen LogP contribution in [0.3, 0.4) is 0 Å². The summed E-state index contributed by atoms with van der Waals surface area (Å²) in [7, 11) is 0. The average Bonchev–Trinajstić information content (AvgIpc) is 3.00. The smallest absolute Gasteiger partial charge is 0.393 e. The number of aromatic carboxylic acids is 1. The number of rotatable bonds is 3. The van der Waals surface area contributed by atoms with E-state index in [0.29, 0.717) is 5.89 Å². The average molecular weight is 230 g/mol. The zero-order chi connectivity index (χ0) is 11.9. The van der Waals surface area contributed by atoms with Crippen molar-refractivity contribution in [3.8, 4) is 0 Å². The molecule has 1 aliphatic rings. The number of carboxylic acids is 1. The molecule has 1 saturated carbocycles. The summed E-state index contributed by atoms with van der Waals surface area (Å²) in [5, 5.41) is 16.1. The third-order valence-corrected chi connectivity index (χ3v) is 3.09. The Kier molecular flexibility index (Phi) is 2.01. The molecule has 5 nitrogen and oxygen atoms in total. The molecular weight excluding hydrogens is 220 g/mol. The van der Waals surface area contributed by atoms with Crippen LogP contribution in [0.4, 0.5) is 0 Å². The number of carboxylic acid groups (broad SMARTS) is 1. The molecule has 1 aromatic carbocycles. The van der Waals surface area contributed by atoms with Crippen LogP contribution in [-0.4, -0.2) is 21.3 Å². The minimum atomic E-state index is -1.19. The minimum absolute atomic E-state index is 0.262.